The van der Waals surface area contributed by atoms with E-state index >= 15 is 0 Å². The molecule has 1 aliphatic heterocycles. The fourth-order valence-corrected chi connectivity index (χ4v) is 3.85. The van der Waals surface area contributed by atoms with Gasteiger partial charge < -0.3 is 0 Å². The van der Waals surface area contributed by atoms with E-state index in [1.807, 2.05) is 30.3 Å². The molecule has 0 saturated heterocycles. The van der Waals surface area contributed by atoms with E-state index in [9.17, 15) is 4.79 Å². The van der Waals surface area contributed by atoms with Crippen LogP contribution in [-0.2, 0) is 11.2 Å². The maximum atomic E-state index is 12.1. The van der Waals surface area contributed by atoms with Crippen molar-refractivity contribution in [1.29, 1.82) is 0 Å². The van der Waals surface area contributed by atoms with E-state index in [2.05, 4.69) is 18.2 Å². The smallest absolute Gasteiger partial charge is 0.240 e. The van der Waals surface area contributed by atoms with Crippen molar-refractivity contribution in [2.75, 3.05) is 0 Å². The van der Waals surface area contributed by atoms with Crippen LogP contribution >= 0.6 is 11.6 Å². The van der Waals surface area contributed by atoms with Gasteiger partial charge in [0.1, 0.15) is 0 Å². The third-order valence-electron chi connectivity index (χ3n) is 4.76. The van der Waals surface area contributed by atoms with Crippen molar-refractivity contribution in [3.8, 4) is 0 Å². The van der Waals surface area contributed by atoms with Gasteiger partial charge in [-0.15, -0.1) is 0 Å². The van der Waals surface area contributed by atoms with Gasteiger partial charge in [0.15, 0.2) is 0 Å². The molecule has 0 unspecified atom stereocenters. The van der Waals surface area contributed by atoms with Gasteiger partial charge in [0.05, 0.1) is 11.8 Å². The van der Waals surface area contributed by atoms with Crippen LogP contribution in [0.1, 0.15) is 36.1 Å². The molecule has 23 heavy (non-hydrogen) atoms. The van der Waals surface area contributed by atoms with Crippen LogP contribution in [0.3, 0.4) is 0 Å². The molecule has 2 aliphatic rings. The summed E-state index contributed by atoms with van der Waals surface area (Å²) in [6.45, 7) is 1.58. The standard InChI is InChI=1S/C19H17ClN2O/c1-12(23)22-19(14-6-9-15(20)10-7-14)17-11-8-13-4-2-3-5-16(13)18(17)21-22/h2-7,9-10,17,19H,8,11H2,1H3/t17-,19+/m1/s1. The van der Waals surface area contributed by atoms with Gasteiger partial charge in [0.25, 0.3) is 0 Å². The number of aryl methyl sites for hydroxylation is 1. The van der Waals surface area contributed by atoms with E-state index < -0.39 is 0 Å². The van der Waals surface area contributed by atoms with Crippen molar-refractivity contribution >= 4 is 23.2 Å². The van der Waals surface area contributed by atoms with E-state index in [0.29, 0.717) is 5.02 Å². The number of hydrogen-bond acceptors (Lipinski definition) is 2. The molecule has 4 heteroatoms. The fraction of sp³-hybridized carbons (Fsp3) is 0.263. The Bertz CT molecular complexity index is 797. The second-order valence-electron chi connectivity index (χ2n) is 6.15. The second kappa shape index (κ2) is 5.50. The largest absolute Gasteiger partial charge is 0.273 e. The Hall–Kier alpha value is -2.13. The maximum absolute atomic E-state index is 12.1. The number of benzene rings is 2. The molecule has 2 atom stereocenters. The Balaban J connectivity index is 1.80. The summed E-state index contributed by atoms with van der Waals surface area (Å²) in [6, 6.07) is 16.1. The number of carbonyl (C=O) groups excluding carboxylic acids is 1. The number of hydrazone groups is 1. The van der Waals surface area contributed by atoms with Gasteiger partial charge in [-0.1, -0.05) is 48.0 Å². The monoisotopic (exact) mass is 324 g/mol. The average molecular weight is 325 g/mol. The zero-order valence-corrected chi connectivity index (χ0v) is 13.6. The SMILES string of the molecule is CC(=O)N1N=C2c3ccccc3CC[C@H]2[C@@H]1c1ccc(Cl)cc1. The molecule has 1 amide bonds. The van der Waals surface area contributed by atoms with Crippen molar-refractivity contribution in [1.82, 2.24) is 5.01 Å². The van der Waals surface area contributed by atoms with Gasteiger partial charge in [0.2, 0.25) is 5.91 Å². The van der Waals surface area contributed by atoms with Crippen LogP contribution < -0.4 is 0 Å². The Morgan fingerprint density at radius 1 is 1.17 bits per heavy atom. The predicted octanol–water partition coefficient (Wildman–Crippen LogP) is 4.21. The molecule has 116 valence electrons. The van der Waals surface area contributed by atoms with Crippen LogP contribution in [0.25, 0.3) is 0 Å². The minimum atomic E-state index is -0.0341. The zero-order chi connectivity index (χ0) is 16.0. The summed E-state index contributed by atoms with van der Waals surface area (Å²) in [6.07, 6.45) is 2.03. The van der Waals surface area contributed by atoms with Gasteiger partial charge in [0, 0.05) is 23.4 Å². The molecule has 2 aromatic rings. The summed E-state index contributed by atoms with van der Waals surface area (Å²) in [7, 11) is 0. The Labute approximate surface area is 140 Å². The summed E-state index contributed by atoms with van der Waals surface area (Å²) in [5.74, 6) is 0.222. The number of nitrogens with zero attached hydrogens (tertiary/aromatic N) is 2. The third kappa shape index (κ3) is 2.36. The van der Waals surface area contributed by atoms with Crippen molar-refractivity contribution in [2.24, 2.45) is 11.0 Å². The second-order valence-corrected chi connectivity index (χ2v) is 6.58. The van der Waals surface area contributed by atoms with Crippen LogP contribution in [0, 0.1) is 5.92 Å². The summed E-state index contributed by atoms with van der Waals surface area (Å²) in [4.78, 5) is 12.1. The molecule has 0 radical (unpaired) electrons. The minimum Gasteiger partial charge on any atom is -0.273 e. The maximum Gasteiger partial charge on any atom is 0.240 e. The molecule has 4 rings (SSSR count). The highest BCUT2D eigenvalue weighted by Crippen LogP contribution is 2.43. The first-order valence-corrected chi connectivity index (χ1v) is 8.25. The van der Waals surface area contributed by atoms with Gasteiger partial charge in [-0.3, -0.25) is 4.79 Å². The molecule has 1 aliphatic carbocycles. The minimum absolute atomic E-state index is 0.0238. The number of halogens is 1. The predicted molar refractivity (Wildman–Crippen MR) is 91.5 cm³/mol. The lowest BCUT2D eigenvalue weighted by molar-refractivity contribution is -0.131. The third-order valence-corrected chi connectivity index (χ3v) is 5.02. The van der Waals surface area contributed by atoms with Crippen LogP contribution in [0.5, 0.6) is 0 Å². The van der Waals surface area contributed by atoms with E-state index in [1.165, 1.54) is 11.1 Å². The lowest BCUT2D eigenvalue weighted by Crippen LogP contribution is -2.30. The number of hydrogen-bond donors (Lipinski definition) is 0. The molecule has 0 bridgehead atoms. The van der Waals surface area contributed by atoms with Crippen LogP contribution in [0.15, 0.2) is 53.6 Å². The highest BCUT2D eigenvalue weighted by Gasteiger charge is 2.42. The van der Waals surface area contributed by atoms with Gasteiger partial charge in [-0.25, -0.2) is 5.01 Å². The Kier molecular flexibility index (Phi) is 3.46. The van der Waals surface area contributed by atoms with E-state index in [-0.39, 0.29) is 17.9 Å². The summed E-state index contributed by atoms with van der Waals surface area (Å²) in [5.41, 5.74) is 4.64. The van der Waals surface area contributed by atoms with Crippen LogP contribution in [0.2, 0.25) is 5.02 Å². The molecule has 0 spiro atoms. The fourth-order valence-electron chi connectivity index (χ4n) is 3.72. The van der Waals surface area contributed by atoms with Crippen molar-refractivity contribution in [2.45, 2.75) is 25.8 Å². The quantitative estimate of drug-likeness (QED) is 0.773. The van der Waals surface area contributed by atoms with E-state index in [4.69, 9.17) is 16.7 Å². The normalized spacial score (nSPS) is 22.3. The van der Waals surface area contributed by atoms with Crippen molar-refractivity contribution in [3.05, 3.63) is 70.2 Å². The van der Waals surface area contributed by atoms with Crippen molar-refractivity contribution in [3.63, 3.8) is 0 Å². The molecular weight excluding hydrogens is 308 g/mol. The molecule has 0 aromatic heterocycles. The topological polar surface area (TPSA) is 32.7 Å². The number of fused-ring (bicyclic) bond motifs is 3. The first kappa shape index (κ1) is 14.5. The number of rotatable bonds is 1. The molecule has 0 fully saturated rings. The van der Waals surface area contributed by atoms with Gasteiger partial charge >= 0.3 is 0 Å². The highest BCUT2D eigenvalue weighted by atomic mass is 35.5. The summed E-state index contributed by atoms with van der Waals surface area (Å²) < 4.78 is 0. The summed E-state index contributed by atoms with van der Waals surface area (Å²) in [5, 5.41) is 7.05. The van der Waals surface area contributed by atoms with Crippen LogP contribution in [-0.4, -0.2) is 16.6 Å². The molecule has 2 aromatic carbocycles. The molecular formula is C19H17ClN2O. The van der Waals surface area contributed by atoms with E-state index in [0.717, 1.165) is 24.1 Å². The molecule has 0 saturated carbocycles. The van der Waals surface area contributed by atoms with Crippen LogP contribution in [0.4, 0.5) is 0 Å². The van der Waals surface area contributed by atoms with Gasteiger partial charge in [-0.05, 0) is 36.1 Å². The number of carbonyl (C=O) groups is 1. The highest BCUT2D eigenvalue weighted by molar-refractivity contribution is 6.30. The molecule has 3 nitrogen and oxygen atoms in total. The first-order valence-electron chi connectivity index (χ1n) is 7.87. The zero-order valence-electron chi connectivity index (χ0n) is 12.9. The van der Waals surface area contributed by atoms with Crippen molar-refractivity contribution < 1.29 is 4.79 Å². The Morgan fingerprint density at radius 3 is 2.65 bits per heavy atom. The van der Waals surface area contributed by atoms with Gasteiger partial charge in [-0.2, -0.15) is 5.10 Å². The summed E-state index contributed by atoms with van der Waals surface area (Å²) >= 11 is 6.01. The number of amides is 1. The van der Waals surface area contributed by atoms with E-state index in [1.54, 1.807) is 11.9 Å². The Morgan fingerprint density at radius 2 is 1.91 bits per heavy atom. The molecule has 0 N–H and O–H groups in total. The average Bonchev–Trinajstić information content (AvgIpc) is 2.96. The lowest BCUT2D eigenvalue weighted by atomic mass is 9.77. The lowest BCUT2D eigenvalue weighted by Gasteiger charge is -2.29. The molecule has 1 heterocycles. The first-order chi connectivity index (χ1) is 11.1.